The zero-order valence-corrected chi connectivity index (χ0v) is 10.7. The van der Waals surface area contributed by atoms with Crippen molar-refractivity contribution in [2.24, 2.45) is 17.3 Å². The second-order valence-electron chi connectivity index (χ2n) is 5.05. The summed E-state index contributed by atoms with van der Waals surface area (Å²) in [7, 11) is 0. The maximum absolute atomic E-state index is 11.6. The fourth-order valence-electron chi connectivity index (χ4n) is 1.87. The van der Waals surface area contributed by atoms with Gasteiger partial charge in [-0.2, -0.15) is 0 Å². The first-order valence-corrected chi connectivity index (χ1v) is 5.97. The van der Waals surface area contributed by atoms with E-state index in [1.165, 1.54) is 6.42 Å². The Labute approximate surface area is 89.3 Å². The topological polar surface area (TPSA) is 17.1 Å². The standard InChI is InChI=1S/C11H20O.C2H6/c1-8(2)9-5-6-11(3,4)10(12)7-9;1-2/h8-9H,5-7H2,1-4H3;1-2H3. The molecule has 0 aromatic rings. The van der Waals surface area contributed by atoms with E-state index in [0.29, 0.717) is 17.6 Å². The van der Waals surface area contributed by atoms with Crippen molar-refractivity contribution in [2.75, 3.05) is 0 Å². The Morgan fingerprint density at radius 3 is 2.14 bits per heavy atom. The lowest BCUT2D eigenvalue weighted by Gasteiger charge is -2.34. The van der Waals surface area contributed by atoms with Crippen molar-refractivity contribution in [3.8, 4) is 0 Å². The van der Waals surface area contributed by atoms with E-state index < -0.39 is 0 Å². The molecule has 1 aliphatic carbocycles. The van der Waals surface area contributed by atoms with Gasteiger partial charge in [-0.25, -0.2) is 0 Å². The maximum Gasteiger partial charge on any atom is 0.138 e. The Kier molecular flexibility index (Phi) is 5.40. The zero-order chi connectivity index (χ0) is 11.4. The van der Waals surface area contributed by atoms with Crippen molar-refractivity contribution >= 4 is 5.78 Å². The predicted octanol–water partition coefficient (Wildman–Crippen LogP) is 4.06. The highest BCUT2D eigenvalue weighted by Crippen LogP contribution is 2.37. The summed E-state index contributed by atoms with van der Waals surface area (Å²) in [5.74, 6) is 1.78. The maximum atomic E-state index is 11.6. The smallest absolute Gasteiger partial charge is 0.138 e. The zero-order valence-electron chi connectivity index (χ0n) is 10.7. The summed E-state index contributed by atoms with van der Waals surface area (Å²) in [6.07, 6.45) is 3.12. The molecular formula is C13H26O. The van der Waals surface area contributed by atoms with Gasteiger partial charge in [-0.15, -0.1) is 0 Å². The Balaban J connectivity index is 0.000000791. The summed E-state index contributed by atoms with van der Waals surface area (Å²) < 4.78 is 0. The van der Waals surface area contributed by atoms with Crippen LogP contribution in [0.3, 0.4) is 0 Å². The number of carbonyl (C=O) groups is 1. The summed E-state index contributed by atoms with van der Waals surface area (Å²) in [4.78, 5) is 11.6. The summed E-state index contributed by atoms with van der Waals surface area (Å²) in [6.45, 7) is 12.6. The van der Waals surface area contributed by atoms with Gasteiger partial charge in [0.25, 0.3) is 0 Å². The molecule has 0 bridgehead atoms. The van der Waals surface area contributed by atoms with Crippen LogP contribution in [0.5, 0.6) is 0 Å². The van der Waals surface area contributed by atoms with Gasteiger partial charge in [-0.05, 0) is 24.7 Å². The van der Waals surface area contributed by atoms with Gasteiger partial charge in [0.05, 0.1) is 0 Å². The molecule has 0 aromatic carbocycles. The molecular weight excluding hydrogens is 172 g/mol. The van der Waals surface area contributed by atoms with Gasteiger partial charge in [0.2, 0.25) is 0 Å². The lowest BCUT2D eigenvalue weighted by molar-refractivity contribution is -0.131. The fourth-order valence-corrected chi connectivity index (χ4v) is 1.87. The average molecular weight is 198 g/mol. The third-order valence-corrected chi connectivity index (χ3v) is 3.29. The molecule has 0 aromatic heterocycles. The number of carbonyl (C=O) groups excluding carboxylic acids is 1. The Morgan fingerprint density at radius 2 is 1.79 bits per heavy atom. The van der Waals surface area contributed by atoms with Crippen LogP contribution in [0.15, 0.2) is 0 Å². The highest BCUT2D eigenvalue weighted by molar-refractivity contribution is 5.84. The molecule has 1 saturated carbocycles. The summed E-state index contributed by atoms with van der Waals surface area (Å²) in [5.41, 5.74) is -0.0363. The molecule has 1 nitrogen and oxygen atoms in total. The molecule has 0 saturated heterocycles. The van der Waals surface area contributed by atoms with Crippen molar-refractivity contribution in [1.82, 2.24) is 0 Å². The number of hydrogen-bond donors (Lipinski definition) is 0. The van der Waals surface area contributed by atoms with Crippen LogP contribution in [0.2, 0.25) is 0 Å². The van der Waals surface area contributed by atoms with Crippen LogP contribution >= 0.6 is 0 Å². The van der Waals surface area contributed by atoms with Crippen molar-refractivity contribution in [2.45, 2.75) is 60.8 Å². The number of ketones is 1. The second kappa shape index (κ2) is 5.53. The molecule has 1 atom stereocenters. The van der Waals surface area contributed by atoms with E-state index in [4.69, 9.17) is 0 Å². The van der Waals surface area contributed by atoms with Crippen LogP contribution in [0, 0.1) is 17.3 Å². The Hall–Kier alpha value is -0.330. The largest absolute Gasteiger partial charge is 0.299 e. The fraction of sp³-hybridized carbons (Fsp3) is 0.923. The minimum absolute atomic E-state index is 0.0363. The van der Waals surface area contributed by atoms with E-state index in [-0.39, 0.29) is 5.41 Å². The van der Waals surface area contributed by atoms with Crippen molar-refractivity contribution in [3.63, 3.8) is 0 Å². The molecule has 1 aliphatic rings. The summed E-state index contributed by atoms with van der Waals surface area (Å²) in [5, 5.41) is 0. The van der Waals surface area contributed by atoms with Crippen molar-refractivity contribution < 1.29 is 4.79 Å². The minimum Gasteiger partial charge on any atom is -0.299 e. The molecule has 0 aliphatic heterocycles. The molecule has 0 N–H and O–H groups in total. The van der Waals surface area contributed by atoms with E-state index in [1.54, 1.807) is 0 Å². The van der Waals surface area contributed by atoms with Crippen LogP contribution in [0.4, 0.5) is 0 Å². The molecule has 0 radical (unpaired) electrons. The van der Waals surface area contributed by atoms with E-state index in [9.17, 15) is 4.79 Å². The average Bonchev–Trinajstić information content (AvgIpc) is 2.13. The quantitative estimate of drug-likeness (QED) is 0.621. The Bertz CT molecular complexity index is 180. The molecule has 0 spiro atoms. The predicted molar refractivity (Wildman–Crippen MR) is 62.3 cm³/mol. The van der Waals surface area contributed by atoms with Gasteiger partial charge < -0.3 is 0 Å². The van der Waals surface area contributed by atoms with Crippen LogP contribution in [-0.4, -0.2) is 5.78 Å². The molecule has 0 heterocycles. The lowest BCUT2D eigenvalue weighted by Crippen LogP contribution is -2.33. The molecule has 1 heteroatoms. The highest BCUT2D eigenvalue weighted by atomic mass is 16.1. The van der Waals surface area contributed by atoms with Crippen LogP contribution in [0.1, 0.15) is 60.8 Å². The molecule has 84 valence electrons. The number of hydrogen-bond acceptors (Lipinski definition) is 1. The van der Waals surface area contributed by atoms with E-state index in [1.807, 2.05) is 13.8 Å². The van der Waals surface area contributed by atoms with Gasteiger partial charge in [0.1, 0.15) is 5.78 Å². The Morgan fingerprint density at radius 1 is 1.29 bits per heavy atom. The van der Waals surface area contributed by atoms with Crippen LogP contribution in [-0.2, 0) is 4.79 Å². The van der Waals surface area contributed by atoms with Crippen molar-refractivity contribution in [3.05, 3.63) is 0 Å². The van der Waals surface area contributed by atoms with Gasteiger partial charge >= 0.3 is 0 Å². The minimum atomic E-state index is -0.0363. The lowest BCUT2D eigenvalue weighted by atomic mass is 9.69. The second-order valence-corrected chi connectivity index (χ2v) is 5.05. The van der Waals surface area contributed by atoms with E-state index in [2.05, 4.69) is 27.7 Å². The monoisotopic (exact) mass is 198 g/mol. The SMILES string of the molecule is CC.CC(C)C1CCC(C)(C)C(=O)C1. The third-order valence-electron chi connectivity index (χ3n) is 3.29. The van der Waals surface area contributed by atoms with Crippen LogP contribution in [0.25, 0.3) is 0 Å². The van der Waals surface area contributed by atoms with Gasteiger partial charge in [-0.1, -0.05) is 41.5 Å². The summed E-state index contributed by atoms with van der Waals surface area (Å²) in [6, 6.07) is 0. The normalized spacial score (nSPS) is 25.6. The first kappa shape index (κ1) is 13.7. The van der Waals surface area contributed by atoms with Crippen LogP contribution < -0.4 is 0 Å². The summed E-state index contributed by atoms with van der Waals surface area (Å²) >= 11 is 0. The number of Topliss-reactive ketones (excluding diaryl/α,β-unsaturated/α-hetero) is 1. The van der Waals surface area contributed by atoms with Crippen molar-refractivity contribution in [1.29, 1.82) is 0 Å². The number of rotatable bonds is 1. The van der Waals surface area contributed by atoms with Gasteiger partial charge in [0, 0.05) is 11.8 Å². The van der Waals surface area contributed by atoms with Gasteiger partial charge in [-0.3, -0.25) is 4.79 Å². The van der Waals surface area contributed by atoms with E-state index in [0.717, 1.165) is 12.8 Å². The molecule has 1 unspecified atom stereocenters. The first-order valence-electron chi connectivity index (χ1n) is 5.97. The van der Waals surface area contributed by atoms with Gasteiger partial charge in [0.15, 0.2) is 0 Å². The molecule has 14 heavy (non-hydrogen) atoms. The molecule has 0 amide bonds. The molecule has 1 fully saturated rings. The molecule has 1 rings (SSSR count). The third kappa shape index (κ3) is 3.43. The first-order chi connectivity index (χ1) is 6.43. The highest BCUT2D eigenvalue weighted by Gasteiger charge is 2.35. The van der Waals surface area contributed by atoms with E-state index >= 15 is 0 Å².